The van der Waals surface area contributed by atoms with Crippen LogP contribution in [0.3, 0.4) is 0 Å². The molecule has 1 aromatic heterocycles. The SMILES string of the molecule is CCOC(=O)N1CCN(C(=O)Cc2nc(-c3ccc(OC)cc3)no2)CC1. The van der Waals surface area contributed by atoms with Gasteiger partial charge in [0.1, 0.15) is 12.2 Å². The molecule has 0 unspecified atom stereocenters. The Bertz CT molecular complexity index is 781. The van der Waals surface area contributed by atoms with Crippen LogP contribution in [-0.4, -0.2) is 71.8 Å². The monoisotopic (exact) mass is 374 g/mol. The van der Waals surface area contributed by atoms with Crippen molar-refractivity contribution in [2.24, 2.45) is 0 Å². The Labute approximate surface area is 156 Å². The van der Waals surface area contributed by atoms with E-state index in [1.165, 1.54) is 0 Å². The van der Waals surface area contributed by atoms with Gasteiger partial charge >= 0.3 is 6.09 Å². The lowest BCUT2D eigenvalue weighted by atomic mass is 10.2. The minimum Gasteiger partial charge on any atom is -0.497 e. The highest BCUT2D eigenvalue weighted by Crippen LogP contribution is 2.20. The van der Waals surface area contributed by atoms with E-state index in [1.54, 1.807) is 36.0 Å². The molecule has 2 heterocycles. The summed E-state index contributed by atoms with van der Waals surface area (Å²) in [6.07, 6.45) is -0.312. The molecule has 3 rings (SSSR count). The van der Waals surface area contributed by atoms with E-state index < -0.39 is 0 Å². The van der Waals surface area contributed by atoms with Crippen molar-refractivity contribution in [3.05, 3.63) is 30.2 Å². The third kappa shape index (κ3) is 4.55. The van der Waals surface area contributed by atoms with Crippen LogP contribution in [0.1, 0.15) is 12.8 Å². The minimum atomic E-state index is -0.342. The number of aromatic nitrogens is 2. The van der Waals surface area contributed by atoms with Crippen LogP contribution >= 0.6 is 0 Å². The van der Waals surface area contributed by atoms with Crippen molar-refractivity contribution in [1.29, 1.82) is 0 Å². The number of ether oxygens (including phenoxy) is 2. The Morgan fingerprint density at radius 2 is 1.78 bits per heavy atom. The molecule has 9 heteroatoms. The van der Waals surface area contributed by atoms with Crippen LogP contribution in [0.5, 0.6) is 5.75 Å². The molecule has 1 fully saturated rings. The first-order chi connectivity index (χ1) is 13.1. The fraction of sp³-hybridized carbons (Fsp3) is 0.444. The maximum atomic E-state index is 12.4. The van der Waals surface area contributed by atoms with E-state index >= 15 is 0 Å². The fourth-order valence-corrected chi connectivity index (χ4v) is 2.78. The van der Waals surface area contributed by atoms with Gasteiger partial charge in [-0.3, -0.25) is 4.79 Å². The summed E-state index contributed by atoms with van der Waals surface area (Å²) in [4.78, 5) is 31.7. The highest BCUT2D eigenvalue weighted by Gasteiger charge is 2.26. The van der Waals surface area contributed by atoms with Crippen LogP contribution in [-0.2, 0) is 16.0 Å². The molecule has 0 spiro atoms. The van der Waals surface area contributed by atoms with Crippen molar-refractivity contribution in [2.45, 2.75) is 13.3 Å². The molecule has 1 aliphatic heterocycles. The predicted octanol–water partition coefficient (Wildman–Crippen LogP) is 1.59. The maximum absolute atomic E-state index is 12.4. The molecule has 1 saturated heterocycles. The largest absolute Gasteiger partial charge is 0.497 e. The molecule has 0 bridgehead atoms. The number of carbonyl (C=O) groups excluding carboxylic acids is 2. The Balaban J connectivity index is 1.54. The minimum absolute atomic E-state index is 0.0303. The van der Waals surface area contributed by atoms with E-state index in [-0.39, 0.29) is 24.3 Å². The molecule has 0 aliphatic carbocycles. The fourth-order valence-electron chi connectivity index (χ4n) is 2.78. The molecule has 0 radical (unpaired) electrons. The van der Waals surface area contributed by atoms with Crippen LogP contribution in [0.15, 0.2) is 28.8 Å². The van der Waals surface area contributed by atoms with E-state index in [9.17, 15) is 9.59 Å². The number of piperazine rings is 1. The van der Waals surface area contributed by atoms with Crippen molar-refractivity contribution in [3.8, 4) is 17.1 Å². The molecule has 1 aliphatic rings. The molecule has 0 atom stereocenters. The summed E-state index contributed by atoms with van der Waals surface area (Å²) in [6, 6.07) is 7.26. The van der Waals surface area contributed by atoms with Crippen molar-refractivity contribution >= 4 is 12.0 Å². The van der Waals surface area contributed by atoms with Gasteiger partial charge in [-0.2, -0.15) is 4.98 Å². The summed E-state index contributed by atoms with van der Waals surface area (Å²) in [6.45, 7) is 3.92. The molecular weight excluding hydrogens is 352 g/mol. The van der Waals surface area contributed by atoms with Gasteiger partial charge in [-0.05, 0) is 31.2 Å². The van der Waals surface area contributed by atoms with E-state index in [1.807, 2.05) is 12.1 Å². The summed E-state index contributed by atoms with van der Waals surface area (Å²) in [5.41, 5.74) is 0.779. The molecule has 9 nitrogen and oxygen atoms in total. The average molecular weight is 374 g/mol. The number of benzene rings is 1. The number of hydrogen-bond donors (Lipinski definition) is 0. The summed E-state index contributed by atoms with van der Waals surface area (Å²) >= 11 is 0. The Morgan fingerprint density at radius 1 is 1.11 bits per heavy atom. The quantitative estimate of drug-likeness (QED) is 0.784. The van der Waals surface area contributed by atoms with Gasteiger partial charge in [0.15, 0.2) is 0 Å². The summed E-state index contributed by atoms with van der Waals surface area (Å²) in [7, 11) is 1.60. The van der Waals surface area contributed by atoms with Crippen LogP contribution in [0.25, 0.3) is 11.4 Å². The van der Waals surface area contributed by atoms with Gasteiger partial charge in [0.25, 0.3) is 0 Å². The average Bonchev–Trinajstić information content (AvgIpc) is 3.17. The standard InChI is InChI=1S/C18H22N4O5/c1-3-26-18(24)22-10-8-21(9-11-22)16(23)12-15-19-17(20-27-15)13-4-6-14(25-2)7-5-13/h4-7H,3,8-12H2,1-2H3. The number of nitrogens with zero attached hydrogens (tertiary/aromatic N) is 4. The molecule has 2 amide bonds. The van der Waals surface area contributed by atoms with E-state index in [0.717, 1.165) is 11.3 Å². The van der Waals surface area contributed by atoms with E-state index in [4.69, 9.17) is 14.0 Å². The number of amides is 2. The van der Waals surface area contributed by atoms with Crippen molar-refractivity contribution < 1.29 is 23.6 Å². The molecule has 27 heavy (non-hydrogen) atoms. The first-order valence-corrected chi connectivity index (χ1v) is 8.77. The normalized spacial score (nSPS) is 14.1. The first kappa shape index (κ1) is 18.7. The van der Waals surface area contributed by atoms with Gasteiger partial charge in [0.05, 0.1) is 13.7 Å². The Kier molecular flexibility index (Phi) is 5.90. The lowest BCUT2D eigenvalue weighted by Gasteiger charge is -2.33. The van der Waals surface area contributed by atoms with Gasteiger partial charge in [-0.25, -0.2) is 4.79 Å². The molecule has 1 aromatic carbocycles. The highest BCUT2D eigenvalue weighted by molar-refractivity contribution is 5.78. The second-order valence-electron chi connectivity index (χ2n) is 5.98. The number of methoxy groups -OCH3 is 1. The number of carbonyl (C=O) groups is 2. The van der Waals surface area contributed by atoms with Gasteiger partial charge < -0.3 is 23.8 Å². The van der Waals surface area contributed by atoms with Crippen molar-refractivity contribution in [2.75, 3.05) is 39.9 Å². The molecular formula is C18H22N4O5. The summed E-state index contributed by atoms with van der Waals surface area (Å²) < 4.78 is 15.3. The maximum Gasteiger partial charge on any atom is 0.409 e. The van der Waals surface area contributed by atoms with Gasteiger partial charge in [-0.15, -0.1) is 0 Å². The topological polar surface area (TPSA) is 98.0 Å². The molecule has 0 saturated carbocycles. The second kappa shape index (κ2) is 8.52. The summed E-state index contributed by atoms with van der Waals surface area (Å²) in [5.74, 6) is 1.31. The van der Waals surface area contributed by atoms with E-state index in [0.29, 0.717) is 38.6 Å². The van der Waals surface area contributed by atoms with Crippen molar-refractivity contribution in [1.82, 2.24) is 19.9 Å². The molecule has 144 valence electrons. The van der Waals surface area contributed by atoms with Gasteiger partial charge in [0.2, 0.25) is 17.6 Å². The zero-order valence-electron chi connectivity index (χ0n) is 15.4. The van der Waals surface area contributed by atoms with Crippen LogP contribution in [0.4, 0.5) is 4.79 Å². The zero-order valence-corrected chi connectivity index (χ0v) is 15.4. The third-order valence-corrected chi connectivity index (χ3v) is 4.28. The van der Waals surface area contributed by atoms with Crippen LogP contribution in [0.2, 0.25) is 0 Å². The summed E-state index contributed by atoms with van der Waals surface area (Å²) in [5, 5.41) is 3.93. The highest BCUT2D eigenvalue weighted by atomic mass is 16.6. The van der Waals surface area contributed by atoms with Crippen LogP contribution in [0, 0.1) is 0 Å². The third-order valence-electron chi connectivity index (χ3n) is 4.28. The van der Waals surface area contributed by atoms with E-state index in [2.05, 4.69) is 10.1 Å². The van der Waals surface area contributed by atoms with Crippen molar-refractivity contribution in [3.63, 3.8) is 0 Å². The second-order valence-corrected chi connectivity index (χ2v) is 5.98. The van der Waals surface area contributed by atoms with Gasteiger partial charge in [-0.1, -0.05) is 5.16 Å². The Morgan fingerprint density at radius 3 is 2.41 bits per heavy atom. The number of rotatable bonds is 5. The first-order valence-electron chi connectivity index (χ1n) is 8.77. The lowest BCUT2D eigenvalue weighted by Crippen LogP contribution is -2.51. The number of hydrogen-bond acceptors (Lipinski definition) is 7. The molecule has 2 aromatic rings. The zero-order chi connectivity index (χ0) is 19.2. The lowest BCUT2D eigenvalue weighted by molar-refractivity contribution is -0.132. The Hall–Kier alpha value is -3.10. The van der Waals surface area contributed by atoms with Crippen LogP contribution < -0.4 is 4.74 Å². The predicted molar refractivity (Wildman–Crippen MR) is 95.2 cm³/mol. The molecule has 0 N–H and O–H groups in total. The van der Waals surface area contributed by atoms with Gasteiger partial charge in [0, 0.05) is 31.7 Å². The smallest absolute Gasteiger partial charge is 0.409 e.